The second-order valence-corrected chi connectivity index (χ2v) is 10.0. The Balaban J connectivity index is 1.46. The lowest BCUT2D eigenvalue weighted by atomic mass is 9.73. The Kier molecular flexibility index (Phi) is 8.04. The molecule has 1 saturated heterocycles. The average Bonchev–Trinajstić information content (AvgIpc) is 3.40. The van der Waals surface area contributed by atoms with Crippen LogP contribution in [0.25, 0.3) is 10.9 Å². The van der Waals surface area contributed by atoms with Crippen molar-refractivity contribution in [2.24, 2.45) is 5.41 Å². The van der Waals surface area contributed by atoms with E-state index in [0.717, 1.165) is 26.9 Å². The average molecular weight is 494 g/mol. The number of likely N-dealkylation sites (tertiary alicyclic amines) is 1. The molecule has 2 aromatic heterocycles. The number of fused-ring (bicyclic) bond motifs is 1. The molecule has 0 spiro atoms. The van der Waals surface area contributed by atoms with E-state index in [9.17, 15) is 15.1 Å². The van der Waals surface area contributed by atoms with Gasteiger partial charge >= 0.3 is 0 Å². The third kappa shape index (κ3) is 5.65. The van der Waals surface area contributed by atoms with Gasteiger partial charge in [0, 0.05) is 24.7 Å². The molecule has 184 valence electrons. The van der Waals surface area contributed by atoms with E-state index in [1.54, 1.807) is 24.6 Å². The van der Waals surface area contributed by atoms with E-state index >= 15 is 0 Å². The highest BCUT2D eigenvalue weighted by atomic mass is 32.1. The lowest BCUT2D eigenvalue weighted by Crippen LogP contribution is -2.48. The number of nitrogens with zero attached hydrogens (tertiary/aromatic N) is 2. The molecular formula is C27H31N3O4S. The minimum atomic E-state index is -0.773. The Bertz CT molecular complexity index is 1220. The van der Waals surface area contributed by atoms with Crippen molar-refractivity contribution >= 4 is 28.1 Å². The first-order chi connectivity index (χ1) is 17.0. The fourth-order valence-electron chi connectivity index (χ4n) is 4.85. The van der Waals surface area contributed by atoms with Crippen LogP contribution in [-0.4, -0.2) is 52.8 Å². The van der Waals surface area contributed by atoms with E-state index in [0.29, 0.717) is 51.1 Å². The van der Waals surface area contributed by atoms with Crippen LogP contribution in [0.2, 0.25) is 0 Å². The smallest absolute Gasteiger partial charge is 0.249 e. The van der Waals surface area contributed by atoms with Crippen LogP contribution in [0.3, 0.4) is 0 Å². The number of methoxy groups -OCH3 is 1. The molecule has 1 fully saturated rings. The minimum Gasteiger partial charge on any atom is -0.497 e. The number of amides is 1. The van der Waals surface area contributed by atoms with Crippen molar-refractivity contribution in [2.45, 2.75) is 38.7 Å². The fourth-order valence-corrected chi connectivity index (χ4v) is 5.45. The molecule has 3 N–H and O–H groups in total. The zero-order valence-electron chi connectivity index (χ0n) is 20.1. The summed E-state index contributed by atoms with van der Waals surface area (Å²) >= 11 is 1.62. The van der Waals surface area contributed by atoms with Gasteiger partial charge in [-0.05, 0) is 73.4 Å². The number of nitrogens with one attached hydrogen (secondary N) is 1. The van der Waals surface area contributed by atoms with Crippen LogP contribution < -0.4 is 10.2 Å². The number of carbonyl (C=O) groups is 1. The van der Waals surface area contributed by atoms with E-state index in [1.807, 2.05) is 48.1 Å². The van der Waals surface area contributed by atoms with E-state index < -0.39 is 11.5 Å². The third-order valence-electron chi connectivity index (χ3n) is 6.98. The molecule has 1 aliphatic rings. The van der Waals surface area contributed by atoms with Gasteiger partial charge in [0.25, 0.3) is 0 Å². The van der Waals surface area contributed by atoms with E-state index in [-0.39, 0.29) is 5.91 Å². The molecule has 1 atom stereocenters. The second kappa shape index (κ2) is 11.2. The van der Waals surface area contributed by atoms with Crippen molar-refractivity contribution < 1.29 is 19.8 Å². The van der Waals surface area contributed by atoms with Crippen molar-refractivity contribution in [3.63, 3.8) is 0 Å². The standard InChI is InChI=1S/C27H31N3O4S/c1-19-18-28-23-8-7-20(34-2)17-22(23)25(19)24(31)9-10-27(26(32)29-33)11-14-30(15-12-27)13-3-5-21-6-4-16-35-21/h4,6-8,16-18,24,31,33H,9-15H2,1-2H3,(H,29,32)/t24-/m1/s1. The molecule has 0 radical (unpaired) electrons. The highest BCUT2D eigenvalue weighted by Gasteiger charge is 2.41. The number of hydroxylamine groups is 1. The van der Waals surface area contributed by atoms with Crippen LogP contribution in [0, 0.1) is 24.2 Å². The maximum absolute atomic E-state index is 12.8. The van der Waals surface area contributed by atoms with Gasteiger partial charge in [-0.1, -0.05) is 17.9 Å². The molecular weight excluding hydrogens is 462 g/mol. The van der Waals surface area contributed by atoms with Gasteiger partial charge in [0.1, 0.15) is 5.75 Å². The van der Waals surface area contributed by atoms with Crippen molar-refractivity contribution in [2.75, 3.05) is 26.7 Å². The second-order valence-electron chi connectivity index (χ2n) is 9.07. The molecule has 0 aliphatic carbocycles. The highest BCUT2D eigenvalue weighted by Crippen LogP contribution is 2.40. The Morgan fingerprint density at radius 1 is 1.34 bits per heavy atom. The highest BCUT2D eigenvalue weighted by molar-refractivity contribution is 7.10. The third-order valence-corrected chi connectivity index (χ3v) is 7.76. The summed E-state index contributed by atoms with van der Waals surface area (Å²) in [7, 11) is 1.61. The lowest BCUT2D eigenvalue weighted by Gasteiger charge is -2.40. The van der Waals surface area contributed by atoms with E-state index in [2.05, 4.69) is 21.7 Å². The predicted molar refractivity (Wildman–Crippen MR) is 136 cm³/mol. The number of piperidine rings is 1. The Hall–Kier alpha value is -2.96. The summed E-state index contributed by atoms with van der Waals surface area (Å²) in [5, 5.41) is 23.6. The van der Waals surface area contributed by atoms with Gasteiger partial charge in [-0.3, -0.25) is 19.9 Å². The molecule has 1 amide bonds. The number of aliphatic hydroxyl groups is 1. The molecule has 1 aromatic carbocycles. The van der Waals surface area contributed by atoms with Gasteiger partial charge in [-0.2, -0.15) is 0 Å². The number of carbonyl (C=O) groups excluding carboxylic acids is 1. The first-order valence-electron chi connectivity index (χ1n) is 11.8. The SMILES string of the molecule is COc1ccc2ncc(C)c([C@H](O)CCC3(C(=O)NO)CCN(CC#Cc4cccs4)CC3)c2c1. The van der Waals surface area contributed by atoms with Crippen molar-refractivity contribution in [3.05, 3.63) is 57.9 Å². The van der Waals surface area contributed by atoms with Crippen LogP contribution in [-0.2, 0) is 4.79 Å². The Morgan fingerprint density at radius 2 is 2.14 bits per heavy atom. The summed E-state index contributed by atoms with van der Waals surface area (Å²) in [4.78, 5) is 20.5. The Labute approximate surface area is 209 Å². The molecule has 0 saturated carbocycles. The van der Waals surface area contributed by atoms with Gasteiger partial charge in [-0.15, -0.1) is 11.3 Å². The monoisotopic (exact) mass is 493 g/mol. The van der Waals surface area contributed by atoms with Gasteiger partial charge in [0.15, 0.2) is 0 Å². The van der Waals surface area contributed by atoms with Gasteiger partial charge in [0.2, 0.25) is 5.91 Å². The number of benzene rings is 1. The first-order valence-corrected chi connectivity index (χ1v) is 12.6. The van der Waals surface area contributed by atoms with Crippen LogP contribution in [0.1, 0.15) is 47.8 Å². The normalized spacial score (nSPS) is 16.3. The molecule has 35 heavy (non-hydrogen) atoms. The van der Waals surface area contributed by atoms with Gasteiger partial charge in [0.05, 0.1) is 35.6 Å². The van der Waals surface area contributed by atoms with Gasteiger partial charge in [-0.25, -0.2) is 5.48 Å². The van der Waals surface area contributed by atoms with Crippen LogP contribution >= 0.6 is 11.3 Å². The van der Waals surface area contributed by atoms with Crippen molar-refractivity contribution in [1.29, 1.82) is 0 Å². The van der Waals surface area contributed by atoms with Gasteiger partial charge < -0.3 is 9.84 Å². The number of aliphatic hydroxyl groups excluding tert-OH is 1. The zero-order valence-corrected chi connectivity index (χ0v) is 20.9. The summed E-state index contributed by atoms with van der Waals surface area (Å²) in [6, 6.07) is 9.60. The van der Waals surface area contributed by atoms with Crippen molar-refractivity contribution in [3.8, 4) is 17.6 Å². The molecule has 1 aliphatic heterocycles. The van der Waals surface area contributed by atoms with Crippen molar-refractivity contribution in [1.82, 2.24) is 15.4 Å². The topological polar surface area (TPSA) is 94.9 Å². The van der Waals surface area contributed by atoms with Crippen LogP contribution in [0.5, 0.6) is 5.75 Å². The summed E-state index contributed by atoms with van der Waals surface area (Å²) in [5.41, 5.74) is 3.62. The molecule has 3 aromatic rings. The predicted octanol–water partition coefficient (Wildman–Crippen LogP) is 4.07. The summed E-state index contributed by atoms with van der Waals surface area (Å²) in [6.07, 6.45) is 3.03. The molecule has 7 nitrogen and oxygen atoms in total. The number of ether oxygens (including phenoxy) is 1. The maximum atomic E-state index is 12.8. The van der Waals surface area contributed by atoms with Crippen LogP contribution in [0.4, 0.5) is 0 Å². The molecule has 8 heteroatoms. The molecule has 3 heterocycles. The minimum absolute atomic E-state index is 0.382. The zero-order chi connectivity index (χ0) is 24.8. The number of aromatic nitrogens is 1. The fraction of sp³-hybridized carbons (Fsp3) is 0.407. The quantitative estimate of drug-likeness (QED) is 0.261. The number of rotatable bonds is 7. The van der Waals surface area contributed by atoms with E-state index in [4.69, 9.17) is 4.74 Å². The molecule has 0 unspecified atom stereocenters. The number of thiophene rings is 1. The number of hydrogen-bond donors (Lipinski definition) is 3. The lowest BCUT2D eigenvalue weighted by molar-refractivity contribution is -0.143. The van der Waals surface area contributed by atoms with Crippen LogP contribution in [0.15, 0.2) is 41.9 Å². The summed E-state index contributed by atoms with van der Waals surface area (Å²) < 4.78 is 5.37. The van der Waals surface area contributed by atoms with E-state index in [1.165, 1.54) is 0 Å². The summed E-state index contributed by atoms with van der Waals surface area (Å²) in [5.74, 6) is 6.70. The first kappa shape index (κ1) is 25.1. The summed E-state index contributed by atoms with van der Waals surface area (Å²) in [6.45, 7) is 3.98. The largest absolute Gasteiger partial charge is 0.497 e. The molecule has 0 bridgehead atoms. The maximum Gasteiger partial charge on any atom is 0.249 e. The number of aryl methyl sites for hydroxylation is 1. The number of hydrogen-bond acceptors (Lipinski definition) is 7. The Morgan fingerprint density at radius 3 is 2.83 bits per heavy atom. The number of pyridine rings is 1. The molecule has 4 rings (SSSR count).